The molecule has 0 saturated heterocycles. The van der Waals surface area contributed by atoms with Gasteiger partial charge in [0.2, 0.25) is 5.91 Å². The van der Waals surface area contributed by atoms with Gasteiger partial charge >= 0.3 is 0 Å². The van der Waals surface area contributed by atoms with Gasteiger partial charge in [0.15, 0.2) is 0 Å². The van der Waals surface area contributed by atoms with E-state index in [4.69, 9.17) is 16.9 Å². The van der Waals surface area contributed by atoms with E-state index in [-0.39, 0.29) is 5.91 Å². The Balaban J connectivity index is 1.86. The van der Waals surface area contributed by atoms with Crippen LogP contribution < -0.4 is 5.32 Å². The normalized spacial score (nSPS) is 15.2. The third-order valence-corrected chi connectivity index (χ3v) is 3.94. The average molecular weight is 277 g/mol. The Hall–Kier alpha value is -1.53. The molecule has 2 rings (SSSR count). The molecule has 1 saturated carbocycles. The van der Waals surface area contributed by atoms with Gasteiger partial charge in [0.25, 0.3) is 0 Å². The highest BCUT2D eigenvalue weighted by atomic mass is 35.5. The summed E-state index contributed by atoms with van der Waals surface area (Å²) < 4.78 is 0. The van der Waals surface area contributed by atoms with Gasteiger partial charge in [-0.3, -0.25) is 4.79 Å². The molecule has 0 heterocycles. The molecule has 0 bridgehead atoms. The second-order valence-corrected chi connectivity index (χ2v) is 5.45. The molecule has 1 aliphatic rings. The quantitative estimate of drug-likeness (QED) is 0.899. The van der Waals surface area contributed by atoms with E-state index in [2.05, 4.69) is 5.32 Å². The zero-order valence-corrected chi connectivity index (χ0v) is 11.5. The van der Waals surface area contributed by atoms with E-state index >= 15 is 0 Å². The number of amides is 1. The van der Waals surface area contributed by atoms with Crippen molar-refractivity contribution in [1.82, 2.24) is 0 Å². The highest BCUT2D eigenvalue weighted by Crippen LogP contribution is 2.29. The maximum absolute atomic E-state index is 11.8. The number of carbonyl (C=O) groups is 1. The second-order valence-electron chi connectivity index (χ2n) is 5.04. The first-order valence-corrected chi connectivity index (χ1v) is 7.06. The summed E-state index contributed by atoms with van der Waals surface area (Å²) in [4.78, 5) is 11.8. The zero-order chi connectivity index (χ0) is 13.7. The largest absolute Gasteiger partial charge is 0.325 e. The minimum atomic E-state index is -0.00138. The molecule has 1 fully saturated rings. The van der Waals surface area contributed by atoms with E-state index in [1.54, 1.807) is 18.2 Å². The van der Waals surface area contributed by atoms with Crippen LogP contribution in [0.5, 0.6) is 0 Å². The molecule has 1 aromatic carbocycles. The predicted molar refractivity (Wildman–Crippen MR) is 76.0 cm³/mol. The van der Waals surface area contributed by atoms with Crippen LogP contribution in [0.2, 0.25) is 5.02 Å². The Morgan fingerprint density at radius 2 is 2.16 bits per heavy atom. The van der Waals surface area contributed by atoms with E-state index in [0.717, 1.165) is 6.42 Å². The Morgan fingerprint density at radius 1 is 1.42 bits per heavy atom. The summed E-state index contributed by atoms with van der Waals surface area (Å²) in [5, 5.41) is 12.0. The molecule has 0 atom stereocenters. The minimum Gasteiger partial charge on any atom is -0.325 e. The van der Waals surface area contributed by atoms with Gasteiger partial charge in [-0.1, -0.05) is 37.3 Å². The summed E-state index contributed by atoms with van der Waals surface area (Å²) in [6.45, 7) is 0. The second kappa shape index (κ2) is 6.58. The number of anilines is 1. The first-order chi connectivity index (χ1) is 9.19. The number of hydrogen-bond donors (Lipinski definition) is 1. The molecule has 4 heteroatoms. The van der Waals surface area contributed by atoms with Crippen molar-refractivity contribution >= 4 is 23.2 Å². The van der Waals surface area contributed by atoms with Crippen molar-refractivity contribution in [1.29, 1.82) is 5.26 Å². The van der Waals surface area contributed by atoms with Crippen LogP contribution in [0.25, 0.3) is 0 Å². The number of benzene rings is 1. The van der Waals surface area contributed by atoms with Gasteiger partial charge in [0.1, 0.15) is 0 Å². The van der Waals surface area contributed by atoms with Crippen LogP contribution in [0.4, 0.5) is 5.69 Å². The van der Waals surface area contributed by atoms with Gasteiger partial charge in [0.05, 0.1) is 22.3 Å². The molecule has 1 aliphatic carbocycles. The van der Waals surface area contributed by atoms with Crippen molar-refractivity contribution in [3.05, 3.63) is 28.8 Å². The van der Waals surface area contributed by atoms with Crippen LogP contribution >= 0.6 is 11.6 Å². The fourth-order valence-corrected chi connectivity index (χ4v) is 2.76. The van der Waals surface area contributed by atoms with Gasteiger partial charge in [-0.25, -0.2) is 0 Å². The third kappa shape index (κ3) is 3.97. The summed E-state index contributed by atoms with van der Waals surface area (Å²) >= 11 is 6.01. The lowest BCUT2D eigenvalue weighted by Crippen LogP contribution is -2.13. The van der Waals surface area contributed by atoms with E-state index in [9.17, 15) is 4.79 Å². The number of nitriles is 1. The molecule has 0 unspecified atom stereocenters. The fourth-order valence-electron chi connectivity index (χ4n) is 2.53. The molecular formula is C15H17ClN2O. The van der Waals surface area contributed by atoms with Crippen molar-refractivity contribution in [2.45, 2.75) is 38.5 Å². The molecule has 19 heavy (non-hydrogen) atoms. The molecule has 1 amide bonds. The molecular weight excluding hydrogens is 260 g/mol. The fraction of sp³-hybridized carbons (Fsp3) is 0.467. The summed E-state index contributed by atoms with van der Waals surface area (Å²) in [6.07, 6.45) is 6.61. The summed E-state index contributed by atoms with van der Waals surface area (Å²) in [6, 6.07) is 6.90. The van der Waals surface area contributed by atoms with E-state index in [1.807, 2.05) is 6.07 Å². The Labute approximate surface area is 118 Å². The van der Waals surface area contributed by atoms with Crippen molar-refractivity contribution in [2.24, 2.45) is 5.92 Å². The average Bonchev–Trinajstić information content (AvgIpc) is 2.92. The highest BCUT2D eigenvalue weighted by Gasteiger charge is 2.16. The Kier molecular flexibility index (Phi) is 4.81. The highest BCUT2D eigenvalue weighted by molar-refractivity contribution is 6.33. The Morgan fingerprint density at radius 3 is 2.79 bits per heavy atom. The molecule has 1 aromatic rings. The van der Waals surface area contributed by atoms with Gasteiger partial charge in [0, 0.05) is 6.42 Å². The van der Waals surface area contributed by atoms with E-state index in [1.165, 1.54) is 25.7 Å². The van der Waals surface area contributed by atoms with Crippen LogP contribution in [-0.2, 0) is 4.79 Å². The topological polar surface area (TPSA) is 52.9 Å². The third-order valence-electron chi connectivity index (χ3n) is 3.63. The standard InChI is InChI=1S/C15H17ClN2O/c16-13-9-12(10-17)5-7-14(13)18-15(19)8-6-11-3-1-2-4-11/h5,7,9,11H,1-4,6,8H2,(H,18,19). The van der Waals surface area contributed by atoms with E-state index < -0.39 is 0 Å². The van der Waals surface area contributed by atoms with Gasteiger partial charge < -0.3 is 5.32 Å². The molecule has 0 aliphatic heterocycles. The number of hydrogen-bond acceptors (Lipinski definition) is 2. The van der Waals surface area contributed by atoms with Crippen molar-refractivity contribution in [2.75, 3.05) is 5.32 Å². The Bertz CT molecular complexity index is 501. The number of nitrogens with one attached hydrogen (secondary N) is 1. The lowest BCUT2D eigenvalue weighted by molar-refractivity contribution is -0.116. The van der Waals surface area contributed by atoms with Crippen molar-refractivity contribution < 1.29 is 4.79 Å². The van der Waals surface area contributed by atoms with Gasteiger partial charge in [-0.15, -0.1) is 0 Å². The van der Waals surface area contributed by atoms with Crippen LogP contribution in [0.3, 0.4) is 0 Å². The summed E-state index contributed by atoms with van der Waals surface area (Å²) in [5.41, 5.74) is 1.08. The SMILES string of the molecule is N#Cc1ccc(NC(=O)CCC2CCCC2)c(Cl)c1. The lowest BCUT2D eigenvalue weighted by atomic mass is 10.0. The zero-order valence-electron chi connectivity index (χ0n) is 10.8. The lowest BCUT2D eigenvalue weighted by Gasteiger charge is -2.10. The van der Waals surface area contributed by atoms with E-state index in [0.29, 0.717) is 28.6 Å². The number of rotatable bonds is 4. The molecule has 0 aromatic heterocycles. The van der Waals surface area contributed by atoms with Gasteiger partial charge in [-0.05, 0) is 30.5 Å². The van der Waals surface area contributed by atoms with Crippen LogP contribution in [0.15, 0.2) is 18.2 Å². The number of halogens is 1. The van der Waals surface area contributed by atoms with Crippen molar-refractivity contribution in [3.63, 3.8) is 0 Å². The first kappa shape index (κ1) is 13.9. The smallest absolute Gasteiger partial charge is 0.224 e. The van der Waals surface area contributed by atoms with Crippen LogP contribution in [0.1, 0.15) is 44.1 Å². The molecule has 0 radical (unpaired) electrons. The minimum absolute atomic E-state index is 0.00138. The maximum atomic E-state index is 11.8. The molecule has 100 valence electrons. The summed E-state index contributed by atoms with van der Waals surface area (Å²) in [5.74, 6) is 0.709. The molecule has 0 spiro atoms. The number of nitrogens with zero attached hydrogens (tertiary/aromatic N) is 1. The van der Waals surface area contributed by atoms with Crippen LogP contribution in [-0.4, -0.2) is 5.91 Å². The van der Waals surface area contributed by atoms with Crippen molar-refractivity contribution in [3.8, 4) is 6.07 Å². The predicted octanol–water partition coefficient (Wildman–Crippen LogP) is 4.12. The monoisotopic (exact) mass is 276 g/mol. The van der Waals surface area contributed by atoms with Crippen LogP contribution in [0, 0.1) is 17.2 Å². The summed E-state index contributed by atoms with van der Waals surface area (Å²) in [7, 11) is 0. The van der Waals surface area contributed by atoms with Gasteiger partial charge in [-0.2, -0.15) is 5.26 Å². The molecule has 3 nitrogen and oxygen atoms in total. The number of carbonyl (C=O) groups excluding carboxylic acids is 1. The first-order valence-electron chi connectivity index (χ1n) is 6.68. The molecule has 1 N–H and O–H groups in total. The maximum Gasteiger partial charge on any atom is 0.224 e.